The second kappa shape index (κ2) is 24.1. The van der Waals surface area contributed by atoms with Crippen molar-refractivity contribution < 1.29 is 37.9 Å². The van der Waals surface area contributed by atoms with Crippen LogP contribution in [-0.2, 0) is 9.47 Å². The van der Waals surface area contributed by atoms with Crippen molar-refractivity contribution in [1.82, 2.24) is 28.1 Å². The molecule has 0 aliphatic heterocycles. The third-order valence-electron chi connectivity index (χ3n) is 2.16. The Bertz CT molecular complexity index is 854. The Kier molecular flexibility index (Phi) is 28.7. The summed E-state index contributed by atoms with van der Waals surface area (Å²) in [4.78, 5) is 32.0. The summed E-state index contributed by atoms with van der Waals surface area (Å²) in [6.45, 7) is 9.61. The van der Waals surface area contributed by atoms with E-state index in [1.54, 1.807) is 20.8 Å². The zero-order valence-corrected chi connectivity index (χ0v) is 22.5. The number of halogens is 2. The van der Waals surface area contributed by atoms with Crippen LogP contribution in [0.15, 0.2) is 3.92 Å². The molecule has 0 saturated heterocycles. The fourth-order valence-corrected chi connectivity index (χ4v) is 3.11. The normalized spacial score (nSPS) is 8.21. The molecular weight excluding hydrogens is 571 g/mol. The summed E-state index contributed by atoms with van der Waals surface area (Å²) in [5.74, 6) is 1.85. The van der Waals surface area contributed by atoms with E-state index < -0.39 is 11.4 Å². The van der Waals surface area contributed by atoms with E-state index in [9.17, 15) is 9.59 Å². The number of nitrogens with zero attached hydrogens (tertiary/aromatic N) is 6. The Morgan fingerprint density at radius 3 is 1.70 bits per heavy atom. The van der Waals surface area contributed by atoms with E-state index >= 15 is 0 Å². The molecule has 0 saturated carbocycles. The van der Waals surface area contributed by atoms with Crippen LogP contribution >= 0.6 is 62.1 Å². The summed E-state index contributed by atoms with van der Waals surface area (Å²) in [6.07, 6.45) is 0. The first kappa shape index (κ1) is 39.2. The zero-order valence-electron chi connectivity index (χ0n) is 17.7. The zero-order chi connectivity index (χ0) is 22.9. The molecule has 182 valence electrons. The topological polar surface area (TPSA) is 130 Å². The Labute approximate surface area is 232 Å². The SMILES string of the molecule is C.C.CCOC(=O)Cl.CCOC(=O)c1nc(C)ns1.Cc1n[c-]sn1.Cc1nsc(Br)n1.[Li+]. The number of aryl methyl sites for hydroxylation is 3. The van der Waals surface area contributed by atoms with Gasteiger partial charge in [0.2, 0.25) is 5.01 Å². The van der Waals surface area contributed by atoms with Crippen molar-refractivity contribution in [2.75, 3.05) is 13.2 Å². The largest absolute Gasteiger partial charge is 1.00 e. The van der Waals surface area contributed by atoms with E-state index in [1.807, 2.05) is 13.8 Å². The third-order valence-corrected chi connectivity index (χ3v) is 4.80. The van der Waals surface area contributed by atoms with Gasteiger partial charge in [-0.2, -0.15) is 20.3 Å². The van der Waals surface area contributed by atoms with E-state index in [0.717, 1.165) is 27.1 Å². The molecule has 3 aromatic rings. The van der Waals surface area contributed by atoms with Crippen LogP contribution in [0, 0.1) is 26.3 Å². The van der Waals surface area contributed by atoms with Gasteiger partial charge in [-0.25, -0.2) is 19.6 Å². The van der Waals surface area contributed by atoms with Crippen LogP contribution in [0.2, 0.25) is 0 Å². The van der Waals surface area contributed by atoms with Gasteiger partial charge in [0.15, 0.2) is 3.92 Å². The predicted octanol–water partition coefficient (Wildman–Crippen LogP) is 2.94. The molecule has 0 spiro atoms. The first-order chi connectivity index (χ1) is 14.2. The van der Waals surface area contributed by atoms with E-state index in [4.69, 9.17) is 16.3 Å². The number of carbonyl (C=O) groups excluding carboxylic acids is 2. The van der Waals surface area contributed by atoms with Gasteiger partial charge in [0.1, 0.15) is 11.6 Å². The summed E-state index contributed by atoms with van der Waals surface area (Å²) in [5, 5.41) is 0.323. The molecule has 10 nitrogen and oxygen atoms in total. The smallest absolute Gasteiger partial charge is 0.461 e. The van der Waals surface area contributed by atoms with E-state index in [2.05, 4.69) is 54.2 Å². The molecule has 0 radical (unpaired) electrons. The molecule has 3 rings (SSSR count). The molecule has 0 aromatic carbocycles. The average Bonchev–Trinajstić information content (AvgIpc) is 3.40. The van der Waals surface area contributed by atoms with Crippen LogP contribution in [-0.4, -0.2) is 52.7 Å². The van der Waals surface area contributed by atoms with Crippen LogP contribution in [0.5, 0.6) is 0 Å². The van der Waals surface area contributed by atoms with E-state index in [-0.39, 0.29) is 33.7 Å². The maximum atomic E-state index is 10.9. The van der Waals surface area contributed by atoms with Gasteiger partial charge in [-0.15, -0.1) is 0 Å². The minimum atomic E-state index is -0.738. The van der Waals surface area contributed by atoms with Crippen molar-refractivity contribution in [2.45, 2.75) is 49.5 Å². The molecule has 0 fully saturated rings. The number of ether oxygens (including phenoxy) is 2. The predicted molar refractivity (Wildman–Crippen MR) is 133 cm³/mol. The fraction of sp³-hybridized carbons (Fsp3) is 0.529. The number of hydrogen-bond donors (Lipinski definition) is 0. The number of rotatable bonds is 3. The van der Waals surface area contributed by atoms with Crippen LogP contribution in [0.4, 0.5) is 4.79 Å². The molecule has 0 unspecified atom stereocenters. The number of aromatic nitrogens is 6. The van der Waals surface area contributed by atoms with Crippen molar-refractivity contribution >= 4 is 73.5 Å². The first-order valence-electron chi connectivity index (χ1n) is 8.11. The number of hydrogen-bond acceptors (Lipinski definition) is 13. The van der Waals surface area contributed by atoms with Gasteiger partial charge >= 0.3 is 30.3 Å². The van der Waals surface area contributed by atoms with Crippen LogP contribution in [0.25, 0.3) is 0 Å². The first-order valence-corrected chi connectivity index (χ1v) is 11.6. The molecule has 0 aliphatic rings. The second-order valence-corrected chi connectivity index (χ2v) is 8.20. The molecular formula is C17H27BrClLiN6O4S3. The monoisotopic (exact) mass is 596 g/mol. The minimum Gasteiger partial charge on any atom is -0.461 e. The number of esters is 1. The molecule has 0 amide bonds. The summed E-state index contributed by atoms with van der Waals surface area (Å²) >= 11 is 11.6. The van der Waals surface area contributed by atoms with Gasteiger partial charge in [-0.3, -0.25) is 4.37 Å². The maximum absolute atomic E-state index is 10.9. The second-order valence-electron chi connectivity index (χ2n) is 4.57. The van der Waals surface area contributed by atoms with Gasteiger partial charge in [0.05, 0.1) is 13.2 Å². The Hall–Kier alpha value is -1.01. The van der Waals surface area contributed by atoms with Crippen molar-refractivity contribution in [3.8, 4) is 0 Å². The Morgan fingerprint density at radius 1 is 0.939 bits per heavy atom. The fourth-order valence-electron chi connectivity index (χ4n) is 1.15. The van der Waals surface area contributed by atoms with Crippen LogP contribution in [0.1, 0.15) is 56.0 Å². The van der Waals surface area contributed by atoms with Crippen molar-refractivity contribution in [3.63, 3.8) is 0 Å². The molecule has 0 aliphatic carbocycles. The summed E-state index contributed by atoms with van der Waals surface area (Å²) < 4.78 is 21.3. The minimum absolute atomic E-state index is 0. The van der Waals surface area contributed by atoms with E-state index in [0.29, 0.717) is 24.0 Å². The van der Waals surface area contributed by atoms with Crippen LogP contribution < -0.4 is 18.9 Å². The molecule has 3 heterocycles. The molecule has 33 heavy (non-hydrogen) atoms. The maximum Gasteiger partial charge on any atom is 1.00 e. The summed E-state index contributed by atoms with van der Waals surface area (Å²) in [7, 11) is 0. The summed E-state index contributed by atoms with van der Waals surface area (Å²) in [5.41, 5.74) is 1.87. The quantitative estimate of drug-likeness (QED) is 0.192. The standard InChI is InChI=1S/C6H8N2O2S.C3H3BrN2S.C3H5ClO2.C3H3N2S.2CH4.Li/c1-3-10-6(9)5-7-4(2)8-11-5;1-2-5-3(4)7-6-2;1-2-6-3(4)5;1-3-4-2-6-5-3;;;/h3H2,1-2H3;1H3;2H2,1H3;1H3;2*1H4;/q;;;-1;;;+1. The van der Waals surface area contributed by atoms with Crippen molar-refractivity contribution in [3.05, 3.63) is 31.9 Å². The van der Waals surface area contributed by atoms with Crippen molar-refractivity contribution in [2.24, 2.45) is 0 Å². The van der Waals surface area contributed by atoms with Gasteiger partial charge in [0.25, 0.3) is 0 Å². The molecule has 3 aromatic heterocycles. The molecule has 16 heteroatoms. The van der Waals surface area contributed by atoms with E-state index in [1.165, 1.54) is 23.1 Å². The Balaban J connectivity index is -0.000000171. The molecule has 0 N–H and O–H groups in total. The van der Waals surface area contributed by atoms with Crippen LogP contribution in [0.3, 0.4) is 0 Å². The Morgan fingerprint density at radius 2 is 1.48 bits per heavy atom. The van der Waals surface area contributed by atoms with Gasteiger partial charge < -0.3 is 14.5 Å². The van der Waals surface area contributed by atoms with Crippen molar-refractivity contribution in [1.29, 1.82) is 0 Å². The van der Waals surface area contributed by atoms with Gasteiger partial charge in [-0.1, -0.05) is 27.3 Å². The number of carbonyl (C=O) groups is 2. The van der Waals surface area contributed by atoms with Gasteiger partial charge in [-0.05, 0) is 72.5 Å². The average molecular weight is 598 g/mol. The molecule has 0 bridgehead atoms. The third kappa shape index (κ3) is 22.5. The molecule has 0 atom stereocenters. The van der Waals surface area contributed by atoms with Gasteiger partial charge in [0, 0.05) is 11.6 Å². The summed E-state index contributed by atoms with van der Waals surface area (Å²) in [6, 6.07) is 0.